The molecule has 0 amide bonds. The molecule has 0 spiro atoms. The van der Waals surface area contributed by atoms with E-state index in [0.717, 1.165) is 34.1 Å². The van der Waals surface area contributed by atoms with Gasteiger partial charge in [0.2, 0.25) is 0 Å². The largest absolute Gasteiger partial charge is 0.311 e. The van der Waals surface area contributed by atoms with E-state index in [9.17, 15) is 0 Å². The first kappa shape index (κ1) is 43.3. The van der Waals surface area contributed by atoms with Crippen LogP contribution in [0.25, 0.3) is 22.3 Å². The van der Waals surface area contributed by atoms with Crippen molar-refractivity contribution < 1.29 is 0 Å². The molecule has 0 saturated carbocycles. The van der Waals surface area contributed by atoms with Crippen molar-refractivity contribution in [2.75, 3.05) is 14.7 Å². The molecule has 0 atom stereocenters. The Kier molecular flexibility index (Phi) is 11.0. The second-order valence-corrected chi connectivity index (χ2v) is 19.9. The molecular formula is C65H52BN3S. The molecule has 336 valence electrons. The van der Waals surface area contributed by atoms with Crippen molar-refractivity contribution in [2.24, 2.45) is 0 Å². The van der Waals surface area contributed by atoms with E-state index in [0.29, 0.717) is 0 Å². The van der Waals surface area contributed by atoms with E-state index in [4.69, 9.17) is 0 Å². The number of hydrogen-bond acceptors (Lipinski definition) is 4. The molecule has 0 N–H and O–H groups in total. The maximum absolute atomic E-state index is 2.55. The van der Waals surface area contributed by atoms with E-state index in [1.807, 2.05) is 11.8 Å². The summed E-state index contributed by atoms with van der Waals surface area (Å²) >= 11 is 1.83. The standard InChI is InChI=1S/C65H52BN3S/c1-43-19-15-16-30-58(43)69-60-38-36-55(70-54-28-13-8-14-29-54)42-57(60)66-56-39-49(64-46(4)22-18-23-47(64)5)33-37-59(56)68(52-34-31-48(32-35-52)63-44(2)20-17-21-45(63)3)61-40-53(41-62(69)65(61)66)67(50-24-9-6-10-25-50)51-26-11-7-12-27-51/h6-42H,1-5H3. The summed E-state index contributed by atoms with van der Waals surface area (Å²) < 4.78 is 0. The third-order valence-electron chi connectivity index (χ3n) is 14.3. The molecule has 3 nitrogen and oxygen atoms in total. The Balaban J connectivity index is 1.19. The number of para-hydroxylation sites is 3. The van der Waals surface area contributed by atoms with Crippen LogP contribution in [-0.2, 0) is 0 Å². The van der Waals surface area contributed by atoms with Crippen LogP contribution in [0.5, 0.6) is 0 Å². The average Bonchev–Trinajstić information content (AvgIpc) is 3.38. The van der Waals surface area contributed by atoms with Crippen molar-refractivity contribution in [3.05, 3.63) is 252 Å². The molecule has 70 heavy (non-hydrogen) atoms. The summed E-state index contributed by atoms with van der Waals surface area (Å²) in [5.74, 6) is 0. The van der Waals surface area contributed by atoms with Gasteiger partial charge < -0.3 is 14.7 Å². The first-order chi connectivity index (χ1) is 34.3. The van der Waals surface area contributed by atoms with E-state index < -0.39 is 0 Å². The lowest BCUT2D eigenvalue weighted by Gasteiger charge is -2.45. The highest BCUT2D eigenvalue weighted by Gasteiger charge is 2.44. The topological polar surface area (TPSA) is 9.72 Å². The molecule has 0 radical (unpaired) electrons. The first-order valence-corrected chi connectivity index (χ1v) is 25.1. The van der Waals surface area contributed by atoms with Crippen molar-refractivity contribution in [2.45, 2.75) is 44.4 Å². The van der Waals surface area contributed by atoms with Crippen LogP contribution in [0.3, 0.4) is 0 Å². The quantitative estimate of drug-likeness (QED) is 0.133. The molecule has 12 rings (SSSR count). The lowest BCUT2D eigenvalue weighted by atomic mass is 9.33. The second kappa shape index (κ2) is 17.8. The molecule has 0 unspecified atom stereocenters. The number of benzene rings is 10. The summed E-state index contributed by atoms with van der Waals surface area (Å²) in [6.07, 6.45) is 0. The minimum atomic E-state index is -0.0862. The smallest absolute Gasteiger partial charge is 0.252 e. The van der Waals surface area contributed by atoms with Crippen LogP contribution in [0.1, 0.15) is 27.8 Å². The molecule has 2 heterocycles. The van der Waals surface area contributed by atoms with Gasteiger partial charge in [-0.25, -0.2) is 0 Å². The minimum Gasteiger partial charge on any atom is -0.311 e. The molecule has 0 aromatic heterocycles. The van der Waals surface area contributed by atoms with E-state index in [2.05, 4.69) is 274 Å². The molecule has 10 aromatic rings. The first-order valence-electron chi connectivity index (χ1n) is 24.3. The van der Waals surface area contributed by atoms with Gasteiger partial charge in [-0.15, -0.1) is 0 Å². The third-order valence-corrected chi connectivity index (χ3v) is 15.3. The zero-order valence-electron chi connectivity index (χ0n) is 40.2. The van der Waals surface area contributed by atoms with Crippen LogP contribution in [0.15, 0.2) is 234 Å². The summed E-state index contributed by atoms with van der Waals surface area (Å²) in [5, 5.41) is 0. The molecular weight excluding hydrogens is 866 g/mol. The van der Waals surface area contributed by atoms with E-state index in [-0.39, 0.29) is 6.71 Å². The highest BCUT2D eigenvalue weighted by atomic mass is 32.2. The number of nitrogens with zero attached hydrogens (tertiary/aromatic N) is 3. The normalized spacial score (nSPS) is 12.3. The van der Waals surface area contributed by atoms with Gasteiger partial charge in [0, 0.05) is 55.3 Å². The van der Waals surface area contributed by atoms with Crippen LogP contribution in [-0.4, -0.2) is 6.71 Å². The maximum Gasteiger partial charge on any atom is 0.252 e. The second-order valence-electron chi connectivity index (χ2n) is 18.8. The Bertz CT molecular complexity index is 3510. The van der Waals surface area contributed by atoms with Crippen LogP contribution in [0, 0.1) is 34.6 Å². The highest BCUT2D eigenvalue weighted by molar-refractivity contribution is 7.99. The predicted octanol–water partition coefficient (Wildman–Crippen LogP) is 16.3. The highest BCUT2D eigenvalue weighted by Crippen LogP contribution is 2.49. The number of fused-ring (bicyclic) bond motifs is 4. The molecule has 0 fully saturated rings. The van der Waals surface area contributed by atoms with E-state index in [1.54, 1.807) is 0 Å². The van der Waals surface area contributed by atoms with Crippen LogP contribution in [0.2, 0.25) is 0 Å². The lowest BCUT2D eigenvalue weighted by Crippen LogP contribution is -2.61. The number of hydrogen-bond donors (Lipinski definition) is 0. The predicted molar refractivity (Wildman–Crippen MR) is 300 cm³/mol. The van der Waals surface area contributed by atoms with Crippen molar-refractivity contribution in [3.63, 3.8) is 0 Å². The van der Waals surface area contributed by atoms with E-state index >= 15 is 0 Å². The number of anilines is 9. The molecule has 0 saturated heterocycles. The molecule has 0 aliphatic carbocycles. The Labute approximate surface area is 417 Å². The lowest BCUT2D eigenvalue weighted by molar-refractivity contribution is 1.21. The average molecular weight is 918 g/mol. The molecule has 5 heteroatoms. The summed E-state index contributed by atoms with van der Waals surface area (Å²) in [6.45, 7) is 11.1. The maximum atomic E-state index is 2.55. The third kappa shape index (κ3) is 7.49. The van der Waals surface area contributed by atoms with Gasteiger partial charge in [-0.2, -0.15) is 0 Å². The Morgan fingerprint density at radius 1 is 0.343 bits per heavy atom. The van der Waals surface area contributed by atoms with Gasteiger partial charge in [0.15, 0.2) is 0 Å². The molecule has 10 aromatic carbocycles. The SMILES string of the molecule is Cc1ccccc1N1c2ccc(Sc3ccccc3)cc2B2c3cc(-c4c(C)cccc4C)ccc3N(c3ccc(-c4c(C)cccc4C)cc3)c3cc(N(c4ccccc4)c4ccccc4)cc1c32. The van der Waals surface area contributed by atoms with Gasteiger partial charge in [0.1, 0.15) is 0 Å². The fourth-order valence-corrected chi connectivity index (χ4v) is 12.1. The fraction of sp³-hybridized carbons (Fsp3) is 0.0769. The molecule has 2 aliphatic rings. The Morgan fingerprint density at radius 2 is 0.829 bits per heavy atom. The van der Waals surface area contributed by atoms with Crippen molar-refractivity contribution >= 4 is 86.0 Å². The van der Waals surface area contributed by atoms with Crippen molar-refractivity contribution in [3.8, 4) is 22.3 Å². The Morgan fingerprint density at radius 3 is 1.44 bits per heavy atom. The van der Waals surface area contributed by atoms with Gasteiger partial charge in [0.05, 0.1) is 5.69 Å². The number of aryl methyl sites for hydroxylation is 5. The monoisotopic (exact) mass is 917 g/mol. The summed E-state index contributed by atoms with van der Waals surface area (Å²) in [5.41, 5.74) is 25.5. The van der Waals surface area contributed by atoms with Gasteiger partial charge in [-0.1, -0.05) is 151 Å². The van der Waals surface area contributed by atoms with E-state index in [1.165, 1.54) is 93.3 Å². The number of rotatable bonds is 9. The van der Waals surface area contributed by atoms with Crippen molar-refractivity contribution in [1.29, 1.82) is 0 Å². The van der Waals surface area contributed by atoms with Gasteiger partial charge >= 0.3 is 0 Å². The van der Waals surface area contributed by atoms with Gasteiger partial charge in [0.25, 0.3) is 6.71 Å². The minimum absolute atomic E-state index is 0.0862. The fourth-order valence-electron chi connectivity index (χ4n) is 11.2. The summed E-state index contributed by atoms with van der Waals surface area (Å²) in [4.78, 5) is 9.95. The summed E-state index contributed by atoms with van der Waals surface area (Å²) in [7, 11) is 0. The van der Waals surface area contributed by atoms with Crippen molar-refractivity contribution in [1.82, 2.24) is 0 Å². The molecule has 2 aliphatic heterocycles. The zero-order valence-corrected chi connectivity index (χ0v) is 41.0. The van der Waals surface area contributed by atoms with Crippen LogP contribution >= 0.6 is 11.8 Å². The summed E-state index contributed by atoms with van der Waals surface area (Å²) in [6, 6.07) is 83.2. The van der Waals surface area contributed by atoms with Crippen LogP contribution < -0.4 is 31.1 Å². The van der Waals surface area contributed by atoms with Crippen LogP contribution in [0.4, 0.5) is 51.2 Å². The Hall–Kier alpha value is -7.99. The zero-order chi connectivity index (χ0) is 47.5. The molecule has 0 bridgehead atoms. The van der Waals surface area contributed by atoms with Gasteiger partial charge in [-0.3, -0.25) is 0 Å². The van der Waals surface area contributed by atoms with Gasteiger partial charge in [-0.05, 0) is 186 Å².